The van der Waals surface area contributed by atoms with Crippen molar-refractivity contribution >= 4 is 6.29 Å². The number of hydrogen-bond donors (Lipinski definition) is 1. The zero-order chi connectivity index (χ0) is 17.1. The van der Waals surface area contributed by atoms with Crippen molar-refractivity contribution in [3.05, 3.63) is 12.7 Å². The summed E-state index contributed by atoms with van der Waals surface area (Å²) in [4.78, 5) is 11.6. The van der Waals surface area contributed by atoms with Crippen molar-refractivity contribution in [2.45, 2.75) is 83.5 Å². The second-order valence-electron chi connectivity index (χ2n) is 9.26. The largest absolute Gasteiger partial charge is 0.393 e. The molecule has 23 heavy (non-hydrogen) atoms. The molecule has 2 saturated carbocycles. The molecule has 2 aliphatic carbocycles. The fourth-order valence-electron chi connectivity index (χ4n) is 6.38. The van der Waals surface area contributed by atoms with Crippen molar-refractivity contribution in [1.29, 1.82) is 0 Å². The van der Waals surface area contributed by atoms with Crippen molar-refractivity contribution in [2.24, 2.45) is 22.7 Å². The van der Waals surface area contributed by atoms with Crippen LogP contribution in [-0.2, 0) is 9.53 Å². The topological polar surface area (TPSA) is 46.5 Å². The lowest BCUT2D eigenvalue weighted by atomic mass is 9.44. The average Bonchev–Trinajstić information content (AvgIpc) is 2.50. The number of fused-ring (bicyclic) bond motifs is 3. The molecule has 3 fully saturated rings. The monoisotopic (exact) mass is 320 g/mol. The number of carbonyl (C=O) groups is 1. The van der Waals surface area contributed by atoms with Crippen LogP contribution in [0.5, 0.6) is 0 Å². The van der Waals surface area contributed by atoms with E-state index in [1.165, 1.54) is 0 Å². The average molecular weight is 320 g/mol. The summed E-state index contributed by atoms with van der Waals surface area (Å²) in [7, 11) is 0. The number of aldehydes is 1. The van der Waals surface area contributed by atoms with Gasteiger partial charge in [0.2, 0.25) is 0 Å². The van der Waals surface area contributed by atoms with Crippen LogP contribution >= 0.6 is 0 Å². The van der Waals surface area contributed by atoms with Gasteiger partial charge < -0.3 is 9.84 Å². The molecule has 0 aromatic carbocycles. The molecule has 3 rings (SSSR count). The molecule has 1 saturated heterocycles. The van der Waals surface area contributed by atoms with Crippen LogP contribution in [0, 0.1) is 22.7 Å². The number of aliphatic hydroxyl groups excluding tert-OH is 1. The Labute approximate surface area is 140 Å². The van der Waals surface area contributed by atoms with Crippen LogP contribution in [0.3, 0.4) is 0 Å². The minimum Gasteiger partial charge on any atom is -0.393 e. The molecule has 0 radical (unpaired) electrons. The van der Waals surface area contributed by atoms with E-state index in [0.29, 0.717) is 11.8 Å². The molecular formula is C20H32O3. The highest BCUT2D eigenvalue weighted by atomic mass is 16.5. The summed E-state index contributed by atoms with van der Waals surface area (Å²) in [5.41, 5.74) is -0.951. The molecule has 3 heteroatoms. The van der Waals surface area contributed by atoms with E-state index >= 15 is 0 Å². The number of hydrogen-bond acceptors (Lipinski definition) is 3. The number of aliphatic hydroxyl groups is 1. The van der Waals surface area contributed by atoms with Gasteiger partial charge in [0, 0.05) is 0 Å². The molecule has 130 valence electrons. The fourth-order valence-corrected chi connectivity index (χ4v) is 6.38. The van der Waals surface area contributed by atoms with E-state index in [1.807, 2.05) is 0 Å². The van der Waals surface area contributed by atoms with Crippen molar-refractivity contribution < 1.29 is 14.6 Å². The Balaban J connectivity index is 1.96. The highest BCUT2D eigenvalue weighted by molar-refractivity contribution is 5.66. The number of rotatable bonds is 2. The Morgan fingerprint density at radius 1 is 1.04 bits per heavy atom. The lowest BCUT2D eigenvalue weighted by molar-refractivity contribution is -0.257. The van der Waals surface area contributed by atoms with E-state index in [1.54, 1.807) is 6.08 Å². The lowest BCUT2D eigenvalue weighted by Gasteiger charge is -2.65. The Bertz CT molecular complexity index is 503. The summed E-state index contributed by atoms with van der Waals surface area (Å²) in [6.07, 6.45) is 8.07. The summed E-state index contributed by atoms with van der Waals surface area (Å²) in [6.45, 7) is 12.9. The summed E-state index contributed by atoms with van der Waals surface area (Å²) < 4.78 is 6.42. The van der Waals surface area contributed by atoms with Crippen molar-refractivity contribution in [3.8, 4) is 0 Å². The van der Waals surface area contributed by atoms with Crippen molar-refractivity contribution in [1.82, 2.24) is 0 Å². The van der Waals surface area contributed by atoms with Crippen LogP contribution in [-0.4, -0.2) is 28.7 Å². The van der Waals surface area contributed by atoms with Crippen molar-refractivity contribution in [2.75, 3.05) is 0 Å². The van der Waals surface area contributed by atoms with Gasteiger partial charge in [-0.3, -0.25) is 4.79 Å². The van der Waals surface area contributed by atoms with E-state index in [9.17, 15) is 9.90 Å². The van der Waals surface area contributed by atoms with Crippen LogP contribution in [0.25, 0.3) is 0 Å². The molecule has 3 nitrogen and oxygen atoms in total. The van der Waals surface area contributed by atoms with Gasteiger partial charge in [0.25, 0.3) is 0 Å². The predicted molar refractivity (Wildman–Crippen MR) is 91.1 cm³/mol. The normalized spacial score (nSPS) is 52.1. The Morgan fingerprint density at radius 2 is 1.70 bits per heavy atom. The van der Waals surface area contributed by atoms with Crippen LogP contribution < -0.4 is 0 Å². The predicted octanol–water partition coefficient (Wildman–Crippen LogP) is 3.89. The highest BCUT2D eigenvalue weighted by Gasteiger charge is 2.63. The fraction of sp³-hybridized carbons (Fsp3) is 0.850. The Morgan fingerprint density at radius 3 is 2.30 bits per heavy atom. The summed E-state index contributed by atoms with van der Waals surface area (Å²) in [5.74, 6) is 0.946. The zero-order valence-corrected chi connectivity index (χ0v) is 15.1. The first kappa shape index (κ1) is 17.2. The smallest absolute Gasteiger partial charge is 0.155 e. The van der Waals surface area contributed by atoms with Gasteiger partial charge >= 0.3 is 0 Å². The maximum Gasteiger partial charge on any atom is 0.155 e. The number of carbonyl (C=O) groups excluding carboxylic acids is 1. The molecule has 1 aliphatic heterocycles. The molecule has 0 amide bonds. The molecule has 0 spiro atoms. The molecule has 3 aliphatic rings. The van der Waals surface area contributed by atoms with Gasteiger partial charge in [0.05, 0.1) is 11.7 Å². The third-order valence-corrected chi connectivity index (χ3v) is 7.76. The Hall–Kier alpha value is -0.670. The first-order valence-corrected chi connectivity index (χ1v) is 9.12. The third kappa shape index (κ3) is 2.26. The first-order chi connectivity index (χ1) is 10.6. The van der Waals surface area contributed by atoms with Crippen molar-refractivity contribution in [3.63, 3.8) is 0 Å². The van der Waals surface area contributed by atoms with Gasteiger partial charge in [-0.1, -0.05) is 33.4 Å². The third-order valence-electron chi connectivity index (χ3n) is 7.76. The van der Waals surface area contributed by atoms with E-state index in [0.717, 1.165) is 44.8 Å². The summed E-state index contributed by atoms with van der Waals surface area (Å²) in [6, 6.07) is 0. The lowest BCUT2D eigenvalue weighted by Crippen LogP contribution is -2.64. The second-order valence-corrected chi connectivity index (χ2v) is 9.26. The van der Waals surface area contributed by atoms with Gasteiger partial charge in [-0.25, -0.2) is 0 Å². The van der Waals surface area contributed by atoms with Gasteiger partial charge in [0.1, 0.15) is 5.60 Å². The maximum absolute atomic E-state index is 11.6. The van der Waals surface area contributed by atoms with E-state index in [-0.39, 0.29) is 22.5 Å². The van der Waals surface area contributed by atoms with Crippen LogP contribution in [0.4, 0.5) is 0 Å². The van der Waals surface area contributed by atoms with E-state index in [2.05, 4.69) is 34.3 Å². The molecule has 0 unspecified atom stereocenters. The summed E-state index contributed by atoms with van der Waals surface area (Å²) >= 11 is 0. The molecule has 0 aromatic heterocycles. The minimum absolute atomic E-state index is 0.0496. The van der Waals surface area contributed by atoms with Gasteiger partial charge in [0.15, 0.2) is 6.29 Å². The summed E-state index contributed by atoms with van der Waals surface area (Å²) in [5, 5.41) is 10.5. The Kier molecular flexibility index (Phi) is 3.85. The van der Waals surface area contributed by atoms with Crippen LogP contribution in [0.15, 0.2) is 12.7 Å². The van der Waals surface area contributed by atoms with Gasteiger partial charge in [-0.05, 0) is 68.1 Å². The minimum atomic E-state index is -0.807. The van der Waals surface area contributed by atoms with Crippen LogP contribution in [0.1, 0.15) is 66.2 Å². The van der Waals surface area contributed by atoms with Gasteiger partial charge in [-0.2, -0.15) is 0 Å². The van der Waals surface area contributed by atoms with Crippen LogP contribution in [0.2, 0.25) is 0 Å². The molecule has 1 N–H and O–H groups in total. The standard InChI is InChI=1S/C20H32O3/c1-6-20(13-21)12-8-15-18(4)10-9-16(22)17(2,3)14(18)7-11-19(15,5)23-20/h6,13-16,22H,1,7-12H2,2-5H3/t14-,15+,16+,18+,19-,20-/m0/s1. The SMILES string of the molecule is C=C[C@@]1(C=O)CC[C@@H]2[C@]3(C)CC[C@@H](O)C(C)(C)[C@@H]3CC[C@]2(C)O1. The maximum atomic E-state index is 11.6. The zero-order valence-electron chi connectivity index (χ0n) is 15.1. The number of ether oxygens (including phenoxy) is 1. The molecule has 0 bridgehead atoms. The molecular weight excluding hydrogens is 288 g/mol. The second kappa shape index (κ2) is 5.16. The highest BCUT2D eigenvalue weighted by Crippen LogP contribution is 2.65. The molecule has 1 heterocycles. The van der Waals surface area contributed by atoms with Gasteiger partial charge in [-0.15, -0.1) is 0 Å². The quantitative estimate of drug-likeness (QED) is 0.620. The van der Waals surface area contributed by atoms with E-state index < -0.39 is 5.60 Å². The molecule has 0 aromatic rings. The molecule has 6 atom stereocenters. The van der Waals surface area contributed by atoms with E-state index in [4.69, 9.17) is 4.74 Å². The first-order valence-electron chi connectivity index (χ1n) is 9.12.